The molecule has 12 bridgehead atoms. The van der Waals surface area contributed by atoms with Crippen molar-refractivity contribution < 1.29 is 68.1 Å². The first-order valence-corrected chi connectivity index (χ1v) is 46.1. The molecule has 3 atom stereocenters. The molecule has 39 heteroatoms. The zero-order chi connectivity index (χ0) is 86.5. The number of aromatic nitrogens is 12. The molecule has 3 unspecified atom stereocenters. The average Bonchev–Trinajstić information content (AvgIpc) is 1.73. The molecule has 9 aromatic heterocycles. The number of pyridine rings is 6. The summed E-state index contributed by atoms with van der Waals surface area (Å²) in [5.41, 5.74) is 0.276. The molecule has 6 fully saturated rings. The number of nitrogens with zero attached hydrogens (tertiary/aromatic N) is 15. The van der Waals surface area contributed by atoms with Crippen LogP contribution in [0.15, 0.2) is 143 Å². The molecule has 18 rings (SSSR count). The number of rotatable bonds is 15. The maximum absolute atomic E-state index is 13.5. The van der Waals surface area contributed by atoms with Crippen LogP contribution in [0.1, 0.15) is 170 Å². The minimum atomic E-state index is -4.25. The molecule has 0 aromatic carbocycles. The minimum Gasteiger partial charge on any atom is -0.477 e. The molecule has 3 aliphatic carbocycles. The molecule has 0 radical (unpaired) electrons. The third kappa shape index (κ3) is 20.1. The number of sulfonamides is 3. The van der Waals surface area contributed by atoms with E-state index < -0.39 is 64.4 Å². The monoisotopic (exact) mass is 1740 g/mol. The van der Waals surface area contributed by atoms with E-state index in [-0.39, 0.29) is 50.1 Å². The molecule has 6 aliphatic heterocycles. The standard InChI is InChI=1S/3C28H35N7O5S/c3*1-27(2)17-19-18-34(27)25-20(26(36)33-41(37,38)24-6-4-5-21(30-24)29-13-16-39-19)7-8-22(31-25)35-14-9-23(32-35)40-15-12-28(3)10-11-28/h3*4-9,14,19H,10-13,15-18H2,1-3H3,(H,29,30)(H,33,36). The summed E-state index contributed by atoms with van der Waals surface area (Å²) in [4.78, 5) is 73.6. The molecule has 3 saturated carbocycles. The Bertz CT molecular complexity index is 5260. The first-order chi connectivity index (χ1) is 58.5. The number of fused-ring (bicyclic) bond motifs is 18. The summed E-state index contributed by atoms with van der Waals surface area (Å²) in [6, 6.07) is 28.7. The Hall–Kier alpha value is -11.1. The first-order valence-electron chi connectivity index (χ1n) is 41.7. The minimum absolute atomic E-state index is 0.112. The van der Waals surface area contributed by atoms with Gasteiger partial charge in [0.15, 0.2) is 32.5 Å². The number of anilines is 6. The van der Waals surface area contributed by atoms with Gasteiger partial charge in [-0.2, -0.15) is 25.3 Å². The summed E-state index contributed by atoms with van der Waals surface area (Å²) in [6.07, 6.45) is 17.4. The highest BCUT2D eigenvalue weighted by Gasteiger charge is 2.47. The lowest BCUT2D eigenvalue weighted by Crippen LogP contribution is -2.41. The quantitative estimate of drug-likeness (QED) is 0.0556. The molecule has 9 aromatic rings. The van der Waals surface area contributed by atoms with E-state index in [4.69, 9.17) is 43.4 Å². The van der Waals surface area contributed by atoms with Crippen molar-refractivity contribution in [3.63, 3.8) is 0 Å². The summed E-state index contributed by atoms with van der Waals surface area (Å²) < 4.78 is 126. The molecule has 654 valence electrons. The fourth-order valence-corrected chi connectivity index (χ4v) is 18.7. The molecular formula is C84H105N21O15S3. The lowest BCUT2D eigenvalue weighted by atomic mass is 10.0. The zero-order valence-electron chi connectivity index (χ0n) is 70.4. The van der Waals surface area contributed by atoms with Gasteiger partial charge in [-0.25, -0.2) is 58.1 Å². The molecular weight excluding hydrogens is 1640 g/mol. The predicted molar refractivity (Wildman–Crippen MR) is 456 cm³/mol. The fraction of sp³-hybridized carbons (Fsp3) is 0.500. The van der Waals surface area contributed by atoms with Gasteiger partial charge in [0.05, 0.1) is 74.6 Å². The van der Waals surface area contributed by atoms with E-state index in [0.717, 1.165) is 19.3 Å². The lowest BCUT2D eigenvalue weighted by Gasteiger charge is -2.33. The van der Waals surface area contributed by atoms with Crippen molar-refractivity contribution in [1.82, 2.24) is 73.4 Å². The maximum atomic E-state index is 13.5. The Balaban J connectivity index is 0.000000137. The van der Waals surface area contributed by atoms with Gasteiger partial charge in [-0.3, -0.25) is 14.4 Å². The van der Waals surface area contributed by atoms with Crippen LogP contribution in [-0.2, 0) is 44.3 Å². The van der Waals surface area contributed by atoms with Crippen LogP contribution in [0.4, 0.5) is 34.9 Å². The van der Waals surface area contributed by atoms with E-state index in [1.807, 2.05) is 14.7 Å². The first kappa shape index (κ1) is 85.4. The van der Waals surface area contributed by atoms with Gasteiger partial charge in [-0.1, -0.05) is 39.0 Å². The van der Waals surface area contributed by atoms with Gasteiger partial charge in [0.1, 0.15) is 34.9 Å². The Morgan fingerprint density at radius 3 is 0.919 bits per heavy atom. The second kappa shape index (κ2) is 33.8. The Morgan fingerprint density at radius 1 is 0.374 bits per heavy atom. The van der Waals surface area contributed by atoms with Crippen LogP contribution < -0.4 is 59.0 Å². The van der Waals surface area contributed by atoms with Crippen molar-refractivity contribution in [2.45, 2.75) is 189 Å². The highest BCUT2D eigenvalue weighted by Crippen LogP contribution is 2.50. The third-order valence-corrected chi connectivity index (χ3v) is 27.8. The summed E-state index contributed by atoms with van der Waals surface area (Å²) in [7, 11) is -12.8. The average molecular weight is 1750 g/mol. The number of nitrogens with one attached hydrogen (secondary N) is 6. The van der Waals surface area contributed by atoms with Crippen LogP contribution in [0, 0.1) is 16.2 Å². The van der Waals surface area contributed by atoms with Gasteiger partial charge in [-0.15, -0.1) is 15.3 Å². The summed E-state index contributed by atoms with van der Waals surface area (Å²) in [5.74, 6) is 2.68. The molecule has 6 N–H and O–H groups in total. The van der Waals surface area contributed by atoms with Crippen LogP contribution in [0.3, 0.4) is 0 Å². The summed E-state index contributed by atoms with van der Waals surface area (Å²) >= 11 is 0. The lowest BCUT2D eigenvalue weighted by molar-refractivity contribution is 0.0708. The molecule has 15 heterocycles. The van der Waals surface area contributed by atoms with E-state index in [0.29, 0.717) is 184 Å². The largest absolute Gasteiger partial charge is 0.477 e. The number of carbonyl (C=O) groups is 3. The van der Waals surface area contributed by atoms with Crippen molar-refractivity contribution in [1.29, 1.82) is 0 Å². The topological polar surface area (TPSA) is 422 Å². The second-order valence-electron chi connectivity index (χ2n) is 35.7. The van der Waals surface area contributed by atoms with Crippen LogP contribution in [-0.4, -0.2) is 216 Å². The Kier molecular flexibility index (Phi) is 23.5. The molecule has 0 spiro atoms. The van der Waals surface area contributed by atoms with E-state index >= 15 is 0 Å². The molecule has 9 aliphatic rings. The van der Waals surface area contributed by atoms with Gasteiger partial charge in [0.25, 0.3) is 47.8 Å². The van der Waals surface area contributed by atoms with E-state index in [1.165, 1.54) is 56.7 Å². The molecule has 36 nitrogen and oxygen atoms in total. The van der Waals surface area contributed by atoms with Gasteiger partial charge in [0, 0.05) is 92.7 Å². The van der Waals surface area contributed by atoms with E-state index in [9.17, 15) is 39.6 Å². The third-order valence-electron chi connectivity index (χ3n) is 24.2. The molecule has 3 amide bonds. The van der Waals surface area contributed by atoms with Gasteiger partial charge < -0.3 is 59.1 Å². The maximum Gasteiger partial charge on any atom is 0.281 e. The van der Waals surface area contributed by atoms with Gasteiger partial charge in [-0.05, 0) is 208 Å². The second-order valence-corrected chi connectivity index (χ2v) is 40.6. The summed E-state index contributed by atoms with van der Waals surface area (Å²) in [5, 5.41) is 22.1. The number of hydrogen-bond donors (Lipinski definition) is 6. The van der Waals surface area contributed by atoms with Crippen molar-refractivity contribution >= 4 is 82.7 Å². The number of carbonyl (C=O) groups excluding carboxylic acids is 3. The molecule has 123 heavy (non-hydrogen) atoms. The van der Waals surface area contributed by atoms with Crippen molar-refractivity contribution in [3.05, 3.63) is 144 Å². The van der Waals surface area contributed by atoms with Crippen LogP contribution in [0.5, 0.6) is 17.6 Å². The van der Waals surface area contributed by atoms with Gasteiger partial charge >= 0.3 is 0 Å². The van der Waals surface area contributed by atoms with Crippen LogP contribution >= 0.6 is 0 Å². The molecule has 3 saturated heterocycles. The number of ether oxygens (including phenoxy) is 6. The fourth-order valence-electron chi connectivity index (χ4n) is 15.9. The van der Waals surface area contributed by atoms with Crippen molar-refractivity contribution in [2.75, 3.05) is 110 Å². The van der Waals surface area contributed by atoms with Crippen molar-refractivity contribution in [3.8, 4) is 35.1 Å². The predicted octanol–water partition coefficient (Wildman–Crippen LogP) is 9.45. The van der Waals surface area contributed by atoms with E-state index in [1.54, 1.807) is 124 Å². The van der Waals surface area contributed by atoms with Gasteiger partial charge in [0.2, 0.25) is 17.6 Å². The SMILES string of the molecule is CC1(CCOc2ccn(-c3ccc4c(n3)N3CC(CC3(C)C)OCCNc3cccc(n3)S(=O)(=O)NC4=O)n2)CC1.CC1(CCOc2ccn(-c3ccc4c(n3)N3CC(CC3(C)C)OCCNc3cccc(n3)S(=O)(=O)NC4=O)n2)CC1.CC1(CCOc2ccn(-c3ccc4c(n3)N3CC(CC3(C)C)OCCNc3cccc(n3)S(=O)(=O)NC4=O)n2)CC1. The zero-order valence-corrected chi connectivity index (χ0v) is 72.8. The number of amides is 3. The van der Waals surface area contributed by atoms with E-state index in [2.05, 4.69) is 123 Å². The highest BCUT2D eigenvalue weighted by molar-refractivity contribution is 7.90. The Morgan fingerprint density at radius 2 is 0.650 bits per heavy atom. The van der Waals surface area contributed by atoms with Crippen molar-refractivity contribution in [2.24, 2.45) is 16.2 Å². The Labute approximate surface area is 714 Å². The smallest absolute Gasteiger partial charge is 0.281 e. The summed E-state index contributed by atoms with van der Waals surface area (Å²) in [6.45, 7) is 24.9. The number of hydrogen-bond acceptors (Lipinski definition) is 30. The normalized spacial score (nSPS) is 22.5. The van der Waals surface area contributed by atoms with Crippen LogP contribution in [0.2, 0.25) is 0 Å². The van der Waals surface area contributed by atoms with Crippen LogP contribution in [0.25, 0.3) is 17.5 Å². The highest BCUT2D eigenvalue weighted by atomic mass is 32.2.